The molecule has 0 aliphatic carbocycles. The van der Waals surface area contributed by atoms with Crippen molar-refractivity contribution in [2.45, 2.75) is 24.3 Å². The number of sulfonamides is 1. The van der Waals surface area contributed by atoms with Crippen molar-refractivity contribution in [2.75, 3.05) is 13.1 Å². The Hall–Kier alpha value is -0.760. The highest BCUT2D eigenvalue weighted by Crippen LogP contribution is 2.31. The van der Waals surface area contributed by atoms with E-state index in [1.54, 1.807) is 6.92 Å². The lowest BCUT2D eigenvalue weighted by atomic mass is 10.1. The van der Waals surface area contributed by atoms with Gasteiger partial charge >= 0.3 is 0 Å². The Balaban J connectivity index is 0.00000200. The molecule has 0 spiro atoms. The highest BCUT2D eigenvalue weighted by Gasteiger charge is 2.39. The average Bonchev–Trinajstić information content (AvgIpc) is 2.70. The van der Waals surface area contributed by atoms with E-state index >= 15 is 0 Å². The van der Waals surface area contributed by atoms with Crippen LogP contribution in [0.4, 0.5) is 8.78 Å². The number of nitrogens with two attached hydrogens (primary N) is 1. The van der Waals surface area contributed by atoms with Gasteiger partial charge in [-0.3, -0.25) is 0 Å². The molecule has 0 aromatic heterocycles. The van der Waals surface area contributed by atoms with E-state index in [2.05, 4.69) is 0 Å². The molecule has 1 aromatic carbocycles. The maximum atomic E-state index is 13.6. The number of benzene rings is 1. The third-order valence-electron chi connectivity index (χ3n) is 3.42. The van der Waals surface area contributed by atoms with Crippen LogP contribution in [0.1, 0.15) is 13.3 Å². The lowest BCUT2D eigenvalue weighted by Gasteiger charge is -2.21. The fraction of sp³-hybridized carbons (Fsp3) is 0.500. The van der Waals surface area contributed by atoms with Crippen LogP contribution in [-0.2, 0) is 10.0 Å². The molecular weight excluding hydrogens is 310 g/mol. The predicted octanol–water partition coefficient (Wildman–Crippen LogP) is 1.74. The lowest BCUT2D eigenvalue weighted by Crippen LogP contribution is -2.35. The second-order valence-corrected chi connectivity index (χ2v) is 6.64. The fourth-order valence-electron chi connectivity index (χ4n) is 2.46. The normalized spacial score (nSPS) is 23.6. The van der Waals surface area contributed by atoms with Crippen LogP contribution in [-0.4, -0.2) is 31.9 Å². The topological polar surface area (TPSA) is 63.4 Å². The van der Waals surface area contributed by atoms with Crippen molar-refractivity contribution in [1.29, 1.82) is 0 Å². The first-order valence-corrected chi connectivity index (χ1v) is 7.48. The van der Waals surface area contributed by atoms with Crippen LogP contribution < -0.4 is 5.73 Å². The molecule has 1 aliphatic heterocycles. The van der Waals surface area contributed by atoms with E-state index in [9.17, 15) is 17.2 Å². The lowest BCUT2D eigenvalue weighted by molar-refractivity contribution is 0.396. The van der Waals surface area contributed by atoms with Gasteiger partial charge in [0, 0.05) is 12.6 Å². The summed E-state index contributed by atoms with van der Waals surface area (Å²) >= 11 is 0. The first-order chi connectivity index (χ1) is 8.87. The molecule has 1 aliphatic rings. The maximum absolute atomic E-state index is 13.6. The monoisotopic (exact) mass is 326 g/mol. The zero-order valence-electron chi connectivity index (χ0n) is 10.9. The maximum Gasteiger partial charge on any atom is 0.249 e. The summed E-state index contributed by atoms with van der Waals surface area (Å²) in [6.07, 6.45) is 0.603. The Labute approximate surface area is 123 Å². The quantitative estimate of drug-likeness (QED) is 0.920. The summed E-state index contributed by atoms with van der Waals surface area (Å²) in [6.45, 7) is 2.27. The Kier molecular flexibility index (Phi) is 5.48. The van der Waals surface area contributed by atoms with Crippen molar-refractivity contribution >= 4 is 22.4 Å². The molecule has 2 N–H and O–H groups in total. The van der Waals surface area contributed by atoms with Gasteiger partial charge < -0.3 is 5.73 Å². The SMILES string of the molecule is CC1CC(CN)CN1S(=O)(=O)c1c(F)cccc1F.Cl. The summed E-state index contributed by atoms with van der Waals surface area (Å²) in [7, 11) is -4.16. The van der Waals surface area contributed by atoms with Gasteiger partial charge in [0.05, 0.1) is 0 Å². The summed E-state index contributed by atoms with van der Waals surface area (Å²) in [5.41, 5.74) is 5.53. The van der Waals surface area contributed by atoms with Crippen LogP contribution in [0.15, 0.2) is 23.1 Å². The molecular formula is C12H17ClF2N2O2S. The third-order valence-corrected chi connectivity index (χ3v) is 5.46. The number of hydrogen-bond acceptors (Lipinski definition) is 3. The number of halogens is 3. The first kappa shape index (κ1) is 17.3. The van der Waals surface area contributed by atoms with Crippen LogP contribution in [0.5, 0.6) is 0 Å². The summed E-state index contributed by atoms with van der Waals surface area (Å²) in [5.74, 6) is -2.11. The van der Waals surface area contributed by atoms with Crippen molar-refractivity contribution < 1.29 is 17.2 Å². The Morgan fingerprint density at radius 1 is 1.35 bits per heavy atom. The minimum Gasteiger partial charge on any atom is -0.330 e. The molecule has 2 unspecified atom stereocenters. The van der Waals surface area contributed by atoms with Crippen molar-refractivity contribution in [3.63, 3.8) is 0 Å². The average molecular weight is 327 g/mol. The molecule has 8 heteroatoms. The number of nitrogens with zero attached hydrogens (tertiary/aromatic N) is 1. The number of rotatable bonds is 3. The van der Waals surface area contributed by atoms with Crippen LogP contribution >= 0.6 is 12.4 Å². The molecule has 4 nitrogen and oxygen atoms in total. The van der Waals surface area contributed by atoms with Gasteiger partial charge in [0.15, 0.2) is 4.90 Å². The second kappa shape index (κ2) is 6.34. The summed E-state index contributed by atoms with van der Waals surface area (Å²) in [4.78, 5) is -0.875. The van der Waals surface area contributed by atoms with Crippen molar-refractivity contribution in [3.8, 4) is 0 Å². The summed E-state index contributed by atoms with van der Waals surface area (Å²) in [6, 6.07) is 2.71. The van der Waals surface area contributed by atoms with E-state index < -0.39 is 26.6 Å². The van der Waals surface area contributed by atoms with Gasteiger partial charge in [-0.05, 0) is 37.9 Å². The van der Waals surface area contributed by atoms with Crippen molar-refractivity contribution in [2.24, 2.45) is 11.7 Å². The number of hydrogen-bond donors (Lipinski definition) is 1. The van der Waals surface area contributed by atoms with Gasteiger partial charge in [0.2, 0.25) is 10.0 Å². The molecule has 2 atom stereocenters. The molecule has 1 saturated heterocycles. The fourth-order valence-corrected chi connectivity index (χ4v) is 4.29. The van der Waals surface area contributed by atoms with Crippen LogP contribution in [0.2, 0.25) is 0 Å². The Morgan fingerprint density at radius 2 is 1.90 bits per heavy atom. The summed E-state index contributed by atoms with van der Waals surface area (Å²) in [5, 5.41) is 0. The molecule has 1 heterocycles. The van der Waals surface area contributed by atoms with E-state index in [0.29, 0.717) is 13.0 Å². The molecule has 0 amide bonds. The predicted molar refractivity (Wildman–Crippen MR) is 74.1 cm³/mol. The molecule has 0 bridgehead atoms. The molecule has 1 fully saturated rings. The molecule has 2 rings (SSSR count). The van der Waals surface area contributed by atoms with E-state index in [1.165, 1.54) is 0 Å². The van der Waals surface area contributed by atoms with Gasteiger partial charge in [0.1, 0.15) is 11.6 Å². The zero-order chi connectivity index (χ0) is 14.2. The minimum atomic E-state index is -4.16. The molecule has 1 aromatic rings. The van der Waals surface area contributed by atoms with E-state index in [-0.39, 0.29) is 30.9 Å². The van der Waals surface area contributed by atoms with E-state index in [0.717, 1.165) is 22.5 Å². The van der Waals surface area contributed by atoms with Gasteiger partial charge in [-0.1, -0.05) is 6.07 Å². The zero-order valence-corrected chi connectivity index (χ0v) is 12.6. The minimum absolute atomic E-state index is 0. The highest BCUT2D eigenvalue weighted by atomic mass is 35.5. The first-order valence-electron chi connectivity index (χ1n) is 6.04. The van der Waals surface area contributed by atoms with E-state index in [4.69, 9.17) is 5.73 Å². The second-order valence-electron chi connectivity index (χ2n) is 4.81. The van der Waals surface area contributed by atoms with Crippen LogP contribution in [0.3, 0.4) is 0 Å². The Bertz CT molecular complexity index is 563. The third kappa shape index (κ3) is 2.95. The van der Waals surface area contributed by atoms with Crippen molar-refractivity contribution in [1.82, 2.24) is 4.31 Å². The molecule has 114 valence electrons. The molecule has 20 heavy (non-hydrogen) atoms. The van der Waals surface area contributed by atoms with Crippen LogP contribution in [0, 0.1) is 17.6 Å². The molecule has 0 radical (unpaired) electrons. The Morgan fingerprint density at radius 3 is 2.35 bits per heavy atom. The highest BCUT2D eigenvalue weighted by molar-refractivity contribution is 7.89. The standard InChI is InChI=1S/C12H16F2N2O2S.ClH/c1-8-5-9(6-15)7-16(8)19(17,18)12-10(13)3-2-4-11(12)14;/h2-4,8-9H,5-7,15H2,1H3;1H. The smallest absolute Gasteiger partial charge is 0.249 e. The van der Waals surface area contributed by atoms with Crippen LogP contribution in [0.25, 0.3) is 0 Å². The van der Waals surface area contributed by atoms with Gasteiger partial charge in [0.25, 0.3) is 0 Å². The van der Waals surface area contributed by atoms with E-state index in [1.807, 2.05) is 0 Å². The van der Waals surface area contributed by atoms with Gasteiger partial charge in [-0.15, -0.1) is 12.4 Å². The van der Waals surface area contributed by atoms with Gasteiger partial charge in [-0.2, -0.15) is 4.31 Å². The summed E-state index contributed by atoms with van der Waals surface area (Å²) < 4.78 is 53.1. The largest absolute Gasteiger partial charge is 0.330 e. The molecule has 0 saturated carbocycles. The van der Waals surface area contributed by atoms with Crippen molar-refractivity contribution in [3.05, 3.63) is 29.8 Å². The van der Waals surface area contributed by atoms with Gasteiger partial charge in [-0.25, -0.2) is 17.2 Å².